The standard InChI is InChI=1S/C10H14BrFN2O2S/c1-7(6-13)14(2)17(15,16)8-3-4-10(12)9(11)5-8/h3-5,7H,6,13H2,1-2H3. The summed E-state index contributed by atoms with van der Waals surface area (Å²) in [6.07, 6.45) is 0. The summed E-state index contributed by atoms with van der Waals surface area (Å²) < 4.78 is 38.6. The first-order valence-electron chi connectivity index (χ1n) is 4.94. The molecule has 1 aromatic carbocycles. The molecular formula is C10H14BrFN2O2S. The van der Waals surface area contributed by atoms with Crippen LogP contribution in [-0.4, -0.2) is 32.4 Å². The second kappa shape index (κ2) is 5.43. The quantitative estimate of drug-likeness (QED) is 0.914. The maximum Gasteiger partial charge on any atom is 0.243 e. The fourth-order valence-corrected chi connectivity index (χ4v) is 3.12. The minimum Gasteiger partial charge on any atom is -0.329 e. The predicted octanol–water partition coefficient (Wildman–Crippen LogP) is 1.56. The molecule has 0 aromatic heterocycles. The van der Waals surface area contributed by atoms with Crippen molar-refractivity contribution in [2.24, 2.45) is 5.73 Å². The molecule has 0 fully saturated rings. The zero-order chi connectivity index (χ0) is 13.2. The molecule has 0 aliphatic rings. The van der Waals surface area contributed by atoms with Crippen molar-refractivity contribution in [3.63, 3.8) is 0 Å². The summed E-state index contributed by atoms with van der Waals surface area (Å²) in [5, 5.41) is 0. The Morgan fingerprint density at radius 3 is 2.59 bits per heavy atom. The van der Waals surface area contributed by atoms with Crippen LogP contribution in [0, 0.1) is 5.82 Å². The topological polar surface area (TPSA) is 63.4 Å². The summed E-state index contributed by atoms with van der Waals surface area (Å²) in [6, 6.07) is 3.26. The molecule has 1 atom stereocenters. The Morgan fingerprint density at radius 1 is 1.53 bits per heavy atom. The lowest BCUT2D eigenvalue weighted by Crippen LogP contribution is -2.39. The number of halogens is 2. The molecule has 0 aliphatic heterocycles. The molecule has 0 saturated carbocycles. The van der Waals surface area contributed by atoms with E-state index in [2.05, 4.69) is 15.9 Å². The first-order valence-corrected chi connectivity index (χ1v) is 7.17. The smallest absolute Gasteiger partial charge is 0.243 e. The van der Waals surface area contributed by atoms with Crippen molar-refractivity contribution in [3.05, 3.63) is 28.5 Å². The van der Waals surface area contributed by atoms with Gasteiger partial charge in [0, 0.05) is 19.6 Å². The van der Waals surface area contributed by atoms with Crippen LogP contribution in [0.5, 0.6) is 0 Å². The van der Waals surface area contributed by atoms with Crippen molar-refractivity contribution in [3.8, 4) is 0 Å². The minimum absolute atomic E-state index is 0.0357. The monoisotopic (exact) mass is 324 g/mol. The zero-order valence-corrected chi connectivity index (χ0v) is 11.9. The Morgan fingerprint density at radius 2 is 2.12 bits per heavy atom. The Labute approximate surface area is 109 Å². The molecule has 0 bridgehead atoms. The Bertz CT molecular complexity index is 507. The van der Waals surface area contributed by atoms with Crippen LogP contribution in [-0.2, 0) is 10.0 Å². The van der Waals surface area contributed by atoms with Crippen molar-refractivity contribution in [1.82, 2.24) is 4.31 Å². The molecule has 2 N–H and O–H groups in total. The summed E-state index contributed by atoms with van der Waals surface area (Å²) in [6.45, 7) is 1.92. The number of hydrogen-bond donors (Lipinski definition) is 1. The second-order valence-corrected chi connectivity index (χ2v) is 6.53. The number of sulfonamides is 1. The van der Waals surface area contributed by atoms with Crippen LogP contribution in [0.2, 0.25) is 0 Å². The molecule has 0 amide bonds. The van der Waals surface area contributed by atoms with Gasteiger partial charge in [-0.1, -0.05) is 0 Å². The van der Waals surface area contributed by atoms with Crippen LogP contribution in [0.25, 0.3) is 0 Å². The maximum atomic E-state index is 13.0. The van der Waals surface area contributed by atoms with E-state index in [0.717, 1.165) is 6.07 Å². The van der Waals surface area contributed by atoms with Gasteiger partial charge in [-0.3, -0.25) is 0 Å². The highest BCUT2D eigenvalue weighted by atomic mass is 79.9. The van der Waals surface area contributed by atoms with Gasteiger partial charge in [0.05, 0.1) is 9.37 Å². The van der Waals surface area contributed by atoms with Crippen molar-refractivity contribution in [1.29, 1.82) is 0 Å². The Kier molecular flexibility index (Phi) is 4.65. The predicted molar refractivity (Wildman–Crippen MR) is 67.6 cm³/mol. The largest absolute Gasteiger partial charge is 0.329 e. The lowest BCUT2D eigenvalue weighted by atomic mass is 10.3. The summed E-state index contributed by atoms with van der Waals surface area (Å²) in [4.78, 5) is 0.0357. The van der Waals surface area contributed by atoms with E-state index in [4.69, 9.17) is 5.73 Å². The van der Waals surface area contributed by atoms with Crippen LogP contribution in [0.4, 0.5) is 4.39 Å². The zero-order valence-electron chi connectivity index (χ0n) is 9.52. The average molecular weight is 325 g/mol. The van der Waals surface area contributed by atoms with E-state index < -0.39 is 15.8 Å². The van der Waals surface area contributed by atoms with Crippen LogP contribution in [0.15, 0.2) is 27.6 Å². The fourth-order valence-electron chi connectivity index (χ4n) is 1.19. The number of nitrogens with zero attached hydrogens (tertiary/aromatic N) is 1. The molecule has 1 unspecified atom stereocenters. The third kappa shape index (κ3) is 3.04. The van der Waals surface area contributed by atoms with Gasteiger partial charge >= 0.3 is 0 Å². The van der Waals surface area contributed by atoms with Crippen molar-refractivity contribution >= 4 is 26.0 Å². The van der Waals surface area contributed by atoms with Crippen molar-refractivity contribution in [2.75, 3.05) is 13.6 Å². The van der Waals surface area contributed by atoms with Crippen molar-refractivity contribution in [2.45, 2.75) is 17.9 Å². The second-order valence-electron chi connectivity index (χ2n) is 3.68. The highest BCUT2D eigenvalue weighted by Gasteiger charge is 2.25. The highest BCUT2D eigenvalue weighted by Crippen LogP contribution is 2.22. The molecule has 1 aromatic rings. The highest BCUT2D eigenvalue weighted by molar-refractivity contribution is 9.10. The number of rotatable bonds is 4. The average Bonchev–Trinajstić information content (AvgIpc) is 2.30. The van der Waals surface area contributed by atoms with Crippen LogP contribution in [0.3, 0.4) is 0 Å². The molecule has 0 spiro atoms. The Hall–Kier alpha value is -0.500. The van der Waals surface area contributed by atoms with Gasteiger partial charge in [-0.25, -0.2) is 12.8 Å². The molecule has 4 nitrogen and oxygen atoms in total. The van der Waals surface area contributed by atoms with E-state index in [1.807, 2.05) is 0 Å². The third-order valence-corrected chi connectivity index (χ3v) is 5.11. The molecule has 0 heterocycles. The molecule has 96 valence electrons. The number of benzene rings is 1. The first-order chi connectivity index (χ1) is 7.80. The van der Waals surface area contributed by atoms with Crippen LogP contribution >= 0.6 is 15.9 Å². The van der Waals surface area contributed by atoms with E-state index in [9.17, 15) is 12.8 Å². The van der Waals surface area contributed by atoms with Crippen molar-refractivity contribution < 1.29 is 12.8 Å². The maximum absolute atomic E-state index is 13.0. The summed E-state index contributed by atoms with van der Waals surface area (Å²) >= 11 is 2.96. The van der Waals surface area contributed by atoms with Crippen LogP contribution < -0.4 is 5.73 Å². The van der Waals surface area contributed by atoms with E-state index in [-0.39, 0.29) is 22.0 Å². The molecule has 7 heteroatoms. The molecule has 0 saturated heterocycles. The Balaban J connectivity index is 3.17. The van der Waals surface area contributed by atoms with Gasteiger partial charge in [-0.2, -0.15) is 4.31 Å². The molecule has 0 aliphatic carbocycles. The fraction of sp³-hybridized carbons (Fsp3) is 0.400. The summed E-state index contributed by atoms with van der Waals surface area (Å²) in [5.41, 5.74) is 5.43. The normalized spacial score (nSPS) is 14.0. The minimum atomic E-state index is -3.63. The van der Waals surface area contributed by atoms with E-state index in [1.165, 1.54) is 23.5 Å². The van der Waals surface area contributed by atoms with E-state index in [0.29, 0.717) is 0 Å². The molecule has 17 heavy (non-hydrogen) atoms. The van der Waals surface area contributed by atoms with Gasteiger partial charge < -0.3 is 5.73 Å². The number of likely N-dealkylation sites (N-methyl/N-ethyl adjacent to an activating group) is 1. The molecule has 0 radical (unpaired) electrons. The molecule has 1 rings (SSSR count). The van der Waals surface area contributed by atoms with Gasteiger partial charge in [0.25, 0.3) is 0 Å². The van der Waals surface area contributed by atoms with Gasteiger partial charge in [0.1, 0.15) is 5.82 Å². The SMILES string of the molecule is CC(CN)N(C)S(=O)(=O)c1ccc(F)c(Br)c1. The van der Waals surface area contributed by atoms with Gasteiger partial charge in [0.15, 0.2) is 0 Å². The first kappa shape index (κ1) is 14.6. The third-order valence-electron chi connectivity index (χ3n) is 2.53. The lowest BCUT2D eigenvalue weighted by molar-refractivity contribution is 0.394. The van der Waals surface area contributed by atoms with Gasteiger partial charge in [-0.15, -0.1) is 0 Å². The number of nitrogens with two attached hydrogens (primary N) is 1. The van der Waals surface area contributed by atoms with E-state index in [1.54, 1.807) is 6.92 Å². The van der Waals surface area contributed by atoms with Gasteiger partial charge in [-0.05, 0) is 41.1 Å². The molecular weight excluding hydrogens is 311 g/mol. The number of hydrogen-bond acceptors (Lipinski definition) is 3. The van der Waals surface area contributed by atoms with E-state index >= 15 is 0 Å². The summed E-state index contributed by atoms with van der Waals surface area (Å²) in [7, 11) is -2.18. The summed E-state index contributed by atoms with van der Waals surface area (Å²) in [5.74, 6) is -0.501. The van der Waals surface area contributed by atoms with Crippen LogP contribution in [0.1, 0.15) is 6.92 Å². The van der Waals surface area contributed by atoms with Gasteiger partial charge in [0.2, 0.25) is 10.0 Å². The lowest BCUT2D eigenvalue weighted by Gasteiger charge is -2.23.